The van der Waals surface area contributed by atoms with Gasteiger partial charge in [0.2, 0.25) is 0 Å². The first-order chi connectivity index (χ1) is 14.9. The van der Waals surface area contributed by atoms with Crippen LogP contribution in [0.5, 0.6) is 0 Å². The number of hydrogen-bond donors (Lipinski definition) is 4. The van der Waals surface area contributed by atoms with E-state index in [1.165, 1.54) is 5.56 Å². The molecule has 0 aliphatic carbocycles. The maximum atomic E-state index is 10.8. The molecule has 170 valence electrons. The Kier molecular flexibility index (Phi) is 8.96. The van der Waals surface area contributed by atoms with Gasteiger partial charge < -0.3 is 25.2 Å². The summed E-state index contributed by atoms with van der Waals surface area (Å²) in [7, 11) is -3.91. The molecule has 2 aromatic carbocycles. The average Bonchev–Trinajstić information content (AvgIpc) is 2.70. The summed E-state index contributed by atoms with van der Waals surface area (Å²) in [6.45, 7) is 3.66. The summed E-state index contributed by atoms with van der Waals surface area (Å²) in [4.78, 5) is 17.7. The summed E-state index contributed by atoms with van der Waals surface area (Å²) in [5.74, 6) is 0. The number of anilines is 1. The fourth-order valence-corrected chi connectivity index (χ4v) is 4.70. The molecule has 0 unspecified atom stereocenters. The van der Waals surface area contributed by atoms with Crippen molar-refractivity contribution in [3.8, 4) is 0 Å². The molecule has 1 saturated heterocycles. The van der Waals surface area contributed by atoms with Crippen LogP contribution in [0.3, 0.4) is 0 Å². The Balaban J connectivity index is 1.35. The molecular weight excluding hydrogens is 435 g/mol. The molecule has 2 aromatic rings. The van der Waals surface area contributed by atoms with Crippen molar-refractivity contribution >= 4 is 24.9 Å². The second kappa shape index (κ2) is 11.5. The Morgan fingerprint density at radius 2 is 1.81 bits per heavy atom. The molecule has 1 fully saturated rings. The lowest BCUT2D eigenvalue weighted by Gasteiger charge is -2.42. The van der Waals surface area contributed by atoms with Crippen molar-refractivity contribution in [2.75, 3.05) is 37.8 Å². The molecule has 1 heterocycles. The minimum Gasteiger partial charge on any atom is -0.384 e. The Labute approximate surface area is 189 Å². The highest BCUT2D eigenvalue weighted by molar-refractivity contribution is 7.51. The maximum Gasteiger partial charge on any atom is 0.325 e. The van der Waals surface area contributed by atoms with E-state index < -0.39 is 7.60 Å². The van der Waals surface area contributed by atoms with Gasteiger partial charge in [0.05, 0.1) is 30.1 Å². The SMILES string of the molecule is O=P(O)(O)CCCNCc1ccc(NCCCCC2(c3ccccc3)COC2)c(Cl)c1. The Morgan fingerprint density at radius 1 is 1.03 bits per heavy atom. The molecule has 1 aliphatic heterocycles. The van der Waals surface area contributed by atoms with Crippen molar-refractivity contribution in [1.82, 2.24) is 5.32 Å². The van der Waals surface area contributed by atoms with Gasteiger partial charge in [-0.05, 0) is 49.1 Å². The van der Waals surface area contributed by atoms with E-state index in [0.29, 0.717) is 24.5 Å². The molecular formula is C23H32ClN2O4P. The highest BCUT2D eigenvalue weighted by Crippen LogP contribution is 2.37. The van der Waals surface area contributed by atoms with Gasteiger partial charge in [-0.3, -0.25) is 4.57 Å². The predicted octanol–water partition coefficient (Wildman–Crippen LogP) is 4.55. The zero-order chi connectivity index (χ0) is 22.2. The largest absolute Gasteiger partial charge is 0.384 e. The van der Waals surface area contributed by atoms with Gasteiger partial charge in [-0.2, -0.15) is 0 Å². The third-order valence-corrected chi connectivity index (χ3v) is 6.92. The highest BCUT2D eigenvalue weighted by Gasteiger charge is 2.39. The monoisotopic (exact) mass is 466 g/mol. The van der Waals surface area contributed by atoms with Crippen LogP contribution in [0.15, 0.2) is 48.5 Å². The molecule has 8 heteroatoms. The lowest BCUT2D eigenvalue weighted by Crippen LogP contribution is -2.46. The number of unbranched alkanes of at least 4 members (excludes halogenated alkanes) is 1. The molecule has 0 bridgehead atoms. The van der Waals surface area contributed by atoms with Crippen molar-refractivity contribution in [3.05, 3.63) is 64.7 Å². The van der Waals surface area contributed by atoms with Crippen LogP contribution < -0.4 is 10.6 Å². The third kappa shape index (κ3) is 7.60. The molecule has 0 saturated carbocycles. The van der Waals surface area contributed by atoms with Gasteiger partial charge in [0.25, 0.3) is 0 Å². The molecule has 0 atom stereocenters. The van der Waals surface area contributed by atoms with Crippen molar-refractivity contribution in [3.63, 3.8) is 0 Å². The molecule has 4 N–H and O–H groups in total. The smallest absolute Gasteiger partial charge is 0.325 e. The molecule has 1 aliphatic rings. The van der Waals surface area contributed by atoms with E-state index in [4.69, 9.17) is 26.1 Å². The number of rotatable bonds is 13. The fourth-order valence-electron chi connectivity index (χ4n) is 3.86. The van der Waals surface area contributed by atoms with E-state index in [9.17, 15) is 4.57 Å². The van der Waals surface area contributed by atoms with Crippen LogP contribution in [0.2, 0.25) is 5.02 Å². The van der Waals surface area contributed by atoms with Gasteiger partial charge in [-0.1, -0.05) is 54.4 Å². The van der Waals surface area contributed by atoms with Crippen molar-refractivity contribution in [2.24, 2.45) is 0 Å². The van der Waals surface area contributed by atoms with Crippen molar-refractivity contribution < 1.29 is 19.1 Å². The second-order valence-electron chi connectivity index (χ2n) is 8.26. The van der Waals surface area contributed by atoms with Crippen LogP contribution in [0, 0.1) is 0 Å². The van der Waals surface area contributed by atoms with Gasteiger partial charge in [0.15, 0.2) is 0 Å². The summed E-state index contributed by atoms with van der Waals surface area (Å²) in [5, 5.41) is 7.29. The predicted molar refractivity (Wildman–Crippen MR) is 126 cm³/mol. The summed E-state index contributed by atoms with van der Waals surface area (Å²) in [5.41, 5.74) is 3.53. The summed E-state index contributed by atoms with van der Waals surface area (Å²) in [6.07, 6.45) is 3.66. The van der Waals surface area contributed by atoms with E-state index in [1.807, 2.05) is 18.2 Å². The zero-order valence-corrected chi connectivity index (χ0v) is 19.4. The van der Waals surface area contributed by atoms with Crippen LogP contribution in [0.4, 0.5) is 5.69 Å². The van der Waals surface area contributed by atoms with Gasteiger partial charge in [-0.25, -0.2) is 0 Å². The van der Waals surface area contributed by atoms with Crippen molar-refractivity contribution in [2.45, 2.75) is 37.6 Å². The van der Waals surface area contributed by atoms with Gasteiger partial charge >= 0.3 is 7.60 Å². The lowest BCUT2D eigenvalue weighted by atomic mass is 9.75. The summed E-state index contributed by atoms with van der Waals surface area (Å²) in [6, 6.07) is 16.6. The minimum atomic E-state index is -3.91. The summed E-state index contributed by atoms with van der Waals surface area (Å²) >= 11 is 6.42. The normalized spacial score (nSPS) is 15.5. The summed E-state index contributed by atoms with van der Waals surface area (Å²) < 4.78 is 16.4. The number of nitrogens with one attached hydrogen (secondary N) is 2. The quantitative estimate of drug-likeness (QED) is 0.256. The van der Waals surface area contributed by atoms with E-state index in [0.717, 1.165) is 50.3 Å². The topological polar surface area (TPSA) is 90.8 Å². The van der Waals surface area contributed by atoms with Crippen LogP contribution in [-0.2, 0) is 21.3 Å². The molecule has 3 rings (SSSR count). The van der Waals surface area contributed by atoms with Crippen LogP contribution in [0.1, 0.15) is 36.8 Å². The number of hydrogen-bond acceptors (Lipinski definition) is 4. The number of ether oxygens (including phenoxy) is 1. The lowest BCUT2D eigenvalue weighted by molar-refractivity contribution is -0.0652. The van der Waals surface area contributed by atoms with E-state index >= 15 is 0 Å². The van der Waals surface area contributed by atoms with Crippen LogP contribution >= 0.6 is 19.2 Å². The molecule has 0 aromatic heterocycles. The Hall–Kier alpha value is -1.40. The molecule has 0 amide bonds. The molecule has 0 radical (unpaired) electrons. The van der Waals surface area contributed by atoms with Crippen LogP contribution in [-0.4, -0.2) is 42.3 Å². The maximum absolute atomic E-state index is 10.8. The number of halogens is 1. The van der Waals surface area contributed by atoms with Gasteiger partial charge in [-0.15, -0.1) is 0 Å². The highest BCUT2D eigenvalue weighted by atomic mass is 35.5. The van der Waals surface area contributed by atoms with E-state index in [1.54, 1.807) is 0 Å². The van der Waals surface area contributed by atoms with Crippen LogP contribution in [0.25, 0.3) is 0 Å². The molecule has 0 spiro atoms. The number of benzene rings is 2. The molecule has 31 heavy (non-hydrogen) atoms. The Bertz CT molecular complexity index is 871. The van der Waals surface area contributed by atoms with E-state index in [2.05, 4.69) is 41.0 Å². The third-order valence-electron chi connectivity index (χ3n) is 5.71. The first kappa shape index (κ1) is 24.2. The average molecular weight is 467 g/mol. The van der Waals surface area contributed by atoms with Crippen molar-refractivity contribution in [1.29, 1.82) is 0 Å². The van der Waals surface area contributed by atoms with Gasteiger partial charge in [0, 0.05) is 18.5 Å². The van der Waals surface area contributed by atoms with E-state index in [-0.39, 0.29) is 11.6 Å². The minimum absolute atomic E-state index is 0.0941. The van der Waals surface area contributed by atoms with Gasteiger partial charge in [0.1, 0.15) is 0 Å². The first-order valence-corrected chi connectivity index (χ1v) is 13.0. The fraction of sp³-hybridized carbons (Fsp3) is 0.478. The molecule has 6 nitrogen and oxygen atoms in total. The first-order valence-electron chi connectivity index (χ1n) is 10.8. The Morgan fingerprint density at radius 3 is 2.45 bits per heavy atom. The zero-order valence-electron chi connectivity index (χ0n) is 17.7. The standard InChI is InChI=1S/C23H32ClN2O4P/c24-21-15-19(16-25-12-6-14-31(27,28)29)9-10-22(21)26-13-5-4-11-23(17-30-18-23)20-7-2-1-3-8-20/h1-3,7-10,15,25-26H,4-6,11-14,16-18H2,(H2,27,28,29). The second-order valence-corrected chi connectivity index (χ2v) is 10.4.